The second kappa shape index (κ2) is 10.4. The normalized spacial score (nSPS) is 24.1. The van der Waals surface area contributed by atoms with Crippen LogP contribution in [0.4, 0.5) is 11.8 Å². The zero-order chi connectivity index (χ0) is 25.4. The van der Waals surface area contributed by atoms with Crippen LogP contribution in [-0.2, 0) is 11.3 Å². The van der Waals surface area contributed by atoms with Crippen LogP contribution in [0.3, 0.4) is 0 Å². The number of fused-ring (bicyclic) bond motifs is 1. The molecule has 0 bridgehead atoms. The molecular weight excluding hydrogens is 472 g/mol. The third-order valence-electron chi connectivity index (χ3n) is 8.54. The van der Waals surface area contributed by atoms with Gasteiger partial charge in [-0.2, -0.15) is 4.98 Å². The van der Waals surface area contributed by atoms with Crippen molar-refractivity contribution in [3.05, 3.63) is 10.6 Å². The molecule has 1 aliphatic heterocycles. The minimum atomic E-state index is -0.627. The van der Waals surface area contributed by atoms with Gasteiger partial charge in [0.2, 0.25) is 17.6 Å². The molecule has 3 aromatic heterocycles. The van der Waals surface area contributed by atoms with Gasteiger partial charge in [0.15, 0.2) is 11.5 Å². The maximum absolute atomic E-state index is 11.7. The summed E-state index contributed by atoms with van der Waals surface area (Å²) in [6, 6.07) is 0.268. The lowest BCUT2D eigenvalue weighted by Crippen LogP contribution is -2.32. The van der Waals surface area contributed by atoms with Crippen LogP contribution < -0.4 is 16.0 Å². The molecule has 0 radical (unpaired) electrons. The van der Waals surface area contributed by atoms with E-state index in [1.165, 1.54) is 44.9 Å². The van der Waals surface area contributed by atoms with Gasteiger partial charge in [-0.1, -0.05) is 31.3 Å². The molecule has 0 aromatic carbocycles. The zero-order valence-electron chi connectivity index (χ0n) is 21.9. The molecule has 6 rings (SSSR count). The van der Waals surface area contributed by atoms with Crippen LogP contribution in [0, 0.1) is 17.8 Å². The van der Waals surface area contributed by atoms with Crippen molar-refractivity contribution >= 4 is 22.9 Å². The number of aromatic amines is 1. The van der Waals surface area contributed by atoms with E-state index in [1.807, 2.05) is 0 Å². The molecule has 3 aromatic rings. The van der Waals surface area contributed by atoms with Gasteiger partial charge < -0.3 is 19.5 Å². The fourth-order valence-corrected chi connectivity index (χ4v) is 5.96. The molecule has 3 aliphatic rings. The molecule has 11 heteroatoms. The van der Waals surface area contributed by atoms with Gasteiger partial charge in [0.1, 0.15) is 5.52 Å². The Hall–Kier alpha value is -2.95. The molecule has 0 amide bonds. The number of ether oxygens (including phenoxy) is 1. The lowest BCUT2D eigenvalue weighted by Gasteiger charge is -2.32. The Labute approximate surface area is 216 Å². The minimum absolute atomic E-state index is 0.215. The highest BCUT2D eigenvalue weighted by Gasteiger charge is 2.29. The molecule has 0 unspecified atom stereocenters. The van der Waals surface area contributed by atoms with E-state index in [2.05, 4.69) is 38.8 Å². The average molecular weight is 511 g/mol. The van der Waals surface area contributed by atoms with Gasteiger partial charge in [-0.3, -0.25) is 9.51 Å². The molecule has 2 saturated carbocycles. The van der Waals surface area contributed by atoms with Crippen molar-refractivity contribution in [2.45, 2.75) is 77.8 Å². The third kappa shape index (κ3) is 5.10. The molecule has 3 fully saturated rings. The highest BCUT2D eigenvalue weighted by molar-refractivity contribution is 5.87. The van der Waals surface area contributed by atoms with Crippen molar-refractivity contribution in [1.29, 1.82) is 0 Å². The summed E-state index contributed by atoms with van der Waals surface area (Å²) < 4.78 is 12.9. The predicted molar refractivity (Wildman–Crippen MR) is 141 cm³/mol. The van der Waals surface area contributed by atoms with Gasteiger partial charge in [-0.15, -0.1) is 0 Å². The average Bonchev–Trinajstić information content (AvgIpc) is 3.32. The van der Waals surface area contributed by atoms with Gasteiger partial charge in [0.25, 0.3) is 0 Å². The summed E-state index contributed by atoms with van der Waals surface area (Å²) in [7, 11) is 0. The maximum Gasteiger partial charge on any atom is 0.439 e. The van der Waals surface area contributed by atoms with Crippen LogP contribution >= 0.6 is 0 Å². The fourth-order valence-electron chi connectivity index (χ4n) is 5.96. The van der Waals surface area contributed by atoms with E-state index in [9.17, 15) is 4.79 Å². The van der Waals surface area contributed by atoms with E-state index < -0.39 is 5.76 Å². The van der Waals surface area contributed by atoms with Crippen molar-refractivity contribution in [3.63, 3.8) is 0 Å². The number of imidazole rings is 1. The van der Waals surface area contributed by atoms with E-state index in [0.29, 0.717) is 29.9 Å². The number of hydrogen-bond donors (Lipinski definition) is 2. The van der Waals surface area contributed by atoms with Crippen LogP contribution in [0.1, 0.15) is 65.2 Å². The third-order valence-corrected chi connectivity index (χ3v) is 8.54. The molecule has 11 nitrogen and oxygen atoms in total. The Morgan fingerprint density at radius 1 is 1.05 bits per heavy atom. The highest BCUT2D eigenvalue weighted by Crippen LogP contribution is 2.36. The second-order valence-corrected chi connectivity index (χ2v) is 11.2. The SMILES string of the molecule is CC1CCC(Cn2c(N3CCCOCC3)nc3nc(-c4noc(=O)[nH]4)nc(N[C@H](C)C4CCC4)c32)CC1. The number of nitrogens with zero attached hydrogens (tertiary/aromatic N) is 6. The van der Waals surface area contributed by atoms with Gasteiger partial charge in [-0.25, -0.2) is 14.8 Å². The molecule has 4 heterocycles. The van der Waals surface area contributed by atoms with Crippen LogP contribution in [0.25, 0.3) is 22.8 Å². The van der Waals surface area contributed by atoms with Gasteiger partial charge in [-0.05, 0) is 56.8 Å². The van der Waals surface area contributed by atoms with Gasteiger partial charge in [0, 0.05) is 32.3 Å². The minimum Gasteiger partial charge on any atom is -0.380 e. The van der Waals surface area contributed by atoms with E-state index in [4.69, 9.17) is 24.2 Å². The summed E-state index contributed by atoms with van der Waals surface area (Å²) in [5.41, 5.74) is 1.54. The van der Waals surface area contributed by atoms with Gasteiger partial charge in [0.05, 0.1) is 6.61 Å². The summed E-state index contributed by atoms with van der Waals surface area (Å²) in [5.74, 6) is 3.59. The zero-order valence-corrected chi connectivity index (χ0v) is 21.9. The van der Waals surface area contributed by atoms with E-state index in [-0.39, 0.29) is 11.9 Å². The number of H-pyrrole nitrogens is 1. The standard InChI is InChI=1S/C26H38N8O3/c1-16-7-9-18(10-8-16)15-34-20-21(27-17(2)19-5-3-6-19)28-23(24-31-26(35)37-32-24)29-22(20)30-25(34)33-11-4-13-36-14-12-33/h16-19H,3-15H2,1-2H3,(H,27,28,29)(H,31,32,35)/t16?,17-,18?/m1/s1. The molecule has 1 atom stereocenters. The molecule has 200 valence electrons. The summed E-state index contributed by atoms with van der Waals surface area (Å²) in [6.45, 7) is 8.63. The van der Waals surface area contributed by atoms with Crippen LogP contribution in [0.2, 0.25) is 0 Å². The number of hydrogen-bond acceptors (Lipinski definition) is 9. The highest BCUT2D eigenvalue weighted by atomic mass is 16.5. The second-order valence-electron chi connectivity index (χ2n) is 11.2. The molecule has 37 heavy (non-hydrogen) atoms. The summed E-state index contributed by atoms with van der Waals surface area (Å²) in [5, 5.41) is 7.56. The quantitative estimate of drug-likeness (QED) is 0.487. The molecule has 2 N–H and O–H groups in total. The Morgan fingerprint density at radius 3 is 2.62 bits per heavy atom. The molecule has 2 aliphatic carbocycles. The Kier molecular flexibility index (Phi) is 6.88. The Bertz CT molecular complexity index is 1260. The Morgan fingerprint density at radius 2 is 1.89 bits per heavy atom. The Balaban J connectivity index is 1.46. The first-order valence-electron chi connectivity index (χ1n) is 14.0. The van der Waals surface area contributed by atoms with Crippen molar-refractivity contribution in [2.24, 2.45) is 17.8 Å². The van der Waals surface area contributed by atoms with E-state index in [0.717, 1.165) is 55.9 Å². The first-order valence-corrected chi connectivity index (χ1v) is 14.0. The molecule has 0 spiro atoms. The summed E-state index contributed by atoms with van der Waals surface area (Å²) >= 11 is 0. The lowest BCUT2D eigenvalue weighted by molar-refractivity contribution is 0.152. The van der Waals surface area contributed by atoms with Crippen LogP contribution in [0.5, 0.6) is 0 Å². The van der Waals surface area contributed by atoms with E-state index >= 15 is 0 Å². The fraction of sp³-hybridized carbons (Fsp3) is 0.731. The topological polar surface area (TPSA) is 127 Å². The number of anilines is 2. The first kappa shape index (κ1) is 24.4. The smallest absolute Gasteiger partial charge is 0.380 e. The predicted octanol–water partition coefficient (Wildman–Crippen LogP) is 3.82. The first-order chi connectivity index (χ1) is 18.0. The van der Waals surface area contributed by atoms with Gasteiger partial charge >= 0.3 is 5.76 Å². The van der Waals surface area contributed by atoms with Crippen molar-refractivity contribution in [1.82, 2.24) is 29.7 Å². The molecule has 1 saturated heterocycles. The summed E-state index contributed by atoms with van der Waals surface area (Å²) in [6.07, 6.45) is 9.69. The van der Waals surface area contributed by atoms with Crippen molar-refractivity contribution in [2.75, 3.05) is 36.5 Å². The lowest BCUT2D eigenvalue weighted by atomic mass is 9.80. The number of rotatable bonds is 7. The van der Waals surface area contributed by atoms with Crippen LogP contribution in [-0.4, -0.2) is 62.0 Å². The number of nitrogens with one attached hydrogen (secondary N) is 2. The van der Waals surface area contributed by atoms with Crippen molar-refractivity contribution < 1.29 is 9.26 Å². The number of aromatic nitrogens is 6. The van der Waals surface area contributed by atoms with Crippen molar-refractivity contribution in [3.8, 4) is 11.6 Å². The molecular formula is C26H38N8O3. The maximum atomic E-state index is 11.7. The van der Waals surface area contributed by atoms with E-state index in [1.54, 1.807) is 0 Å². The monoisotopic (exact) mass is 510 g/mol. The largest absolute Gasteiger partial charge is 0.439 e. The summed E-state index contributed by atoms with van der Waals surface area (Å²) in [4.78, 5) is 31.4. The van der Waals surface area contributed by atoms with Crippen LogP contribution in [0.15, 0.2) is 9.32 Å².